The fraction of sp³-hybridized carbons (Fsp3) is 0.389. The van der Waals surface area contributed by atoms with Gasteiger partial charge >= 0.3 is 0 Å². The van der Waals surface area contributed by atoms with Crippen LogP contribution in [0.25, 0.3) is 0 Å². The number of carbonyl (C=O) groups is 2. The molecule has 2 amide bonds. The van der Waals surface area contributed by atoms with E-state index in [0.717, 1.165) is 19.6 Å². The number of nitrogens with zero attached hydrogens (tertiary/aromatic N) is 4. The second-order valence-electron chi connectivity index (χ2n) is 6.09. The molecule has 1 N–H and O–H groups in total. The zero-order valence-electron chi connectivity index (χ0n) is 14.6. The highest BCUT2D eigenvalue weighted by Crippen LogP contribution is 2.14. The molecule has 0 atom stereocenters. The van der Waals surface area contributed by atoms with Crippen LogP contribution in [-0.2, 0) is 7.05 Å². The van der Waals surface area contributed by atoms with Crippen molar-refractivity contribution in [1.82, 2.24) is 19.6 Å². The van der Waals surface area contributed by atoms with Gasteiger partial charge in [0.05, 0.1) is 0 Å². The van der Waals surface area contributed by atoms with E-state index in [4.69, 9.17) is 0 Å². The minimum absolute atomic E-state index is 0.0911. The molecule has 1 aliphatic rings. The molecule has 0 spiro atoms. The summed E-state index contributed by atoms with van der Waals surface area (Å²) in [6.45, 7) is 6.29. The van der Waals surface area contributed by atoms with Gasteiger partial charge in [-0.1, -0.05) is 25.1 Å². The van der Waals surface area contributed by atoms with Gasteiger partial charge in [-0.15, -0.1) is 0 Å². The lowest BCUT2D eigenvalue weighted by Crippen LogP contribution is -2.48. The Bertz CT molecular complexity index is 748. The summed E-state index contributed by atoms with van der Waals surface area (Å²) >= 11 is 0. The Labute approximate surface area is 147 Å². The van der Waals surface area contributed by atoms with Crippen LogP contribution >= 0.6 is 0 Å². The van der Waals surface area contributed by atoms with Crippen LogP contribution in [0.15, 0.2) is 36.4 Å². The van der Waals surface area contributed by atoms with Gasteiger partial charge < -0.3 is 15.1 Å². The zero-order valence-corrected chi connectivity index (χ0v) is 14.6. The van der Waals surface area contributed by atoms with Crippen LogP contribution in [0.3, 0.4) is 0 Å². The second-order valence-corrected chi connectivity index (χ2v) is 6.09. The molecule has 0 unspecified atom stereocenters. The standard InChI is InChI=1S/C18H23N5O2/c1-3-22-9-11-23(12-10-22)18(25)15-13-16(21(2)20-15)19-17(24)14-7-5-4-6-8-14/h4-8,13H,3,9-12H2,1-2H3,(H,19,24). The van der Waals surface area contributed by atoms with Gasteiger partial charge in [-0.3, -0.25) is 14.3 Å². The molecule has 1 saturated heterocycles. The topological polar surface area (TPSA) is 70.5 Å². The highest BCUT2D eigenvalue weighted by molar-refractivity contribution is 6.04. The number of benzene rings is 1. The van der Waals surface area contributed by atoms with Gasteiger partial charge in [0.25, 0.3) is 11.8 Å². The second kappa shape index (κ2) is 7.48. The number of carbonyl (C=O) groups excluding carboxylic acids is 2. The third-order valence-electron chi connectivity index (χ3n) is 4.48. The fourth-order valence-electron chi connectivity index (χ4n) is 2.90. The van der Waals surface area contributed by atoms with Gasteiger partial charge in [0.1, 0.15) is 5.82 Å². The van der Waals surface area contributed by atoms with Crippen molar-refractivity contribution in [3.8, 4) is 0 Å². The molecule has 0 saturated carbocycles. The number of likely N-dealkylation sites (N-methyl/N-ethyl adjacent to an activating group) is 1. The molecule has 0 aliphatic carbocycles. The van der Waals surface area contributed by atoms with E-state index in [2.05, 4.69) is 22.2 Å². The van der Waals surface area contributed by atoms with Crippen molar-refractivity contribution in [2.45, 2.75) is 6.92 Å². The summed E-state index contributed by atoms with van der Waals surface area (Å²) in [5, 5.41) is 7.07. The lowest BCUT2D eigenvalue weighted by Gasteiger charge is -2.33. The first kappa shape index (κ1) is 17.2. The molecular formula is C18H23N5O2. The zero-order chi connectivity index (χ0) is 17.8. The Kier molecular flexibility index (Phi) is 5.14. The van der Waals surface area contributed by atoms with Crippen LogP contribution in [-0.4, -0.2) is 64.1 Å². The summed E-state index contributed by atoms with van der Waals surface area (Å²) in [4.78, 5) is 29.0. The van der Waals surface area contributed by atoms with E-state index >= 15 is 0 Å². The number of nitrogens with one attached hydrogen (secondary N) is 1. The van der Waals surface area contributed by atoms with Crippen molar-refractivity contribution in [2.75, 3.05) is 38.0 Å². The molecule has 1 aliphatic heterocycles. The molecule has 2 heterocycles. The minimum Gasteiger partial charge on any atom is -0.335 e. The van der Waals surface area contributed by atoms with Crippen molar-refractivity contribution in [3.63, 3.8) is 0 Å². The number of piperazine rings is 1. The summed E-state index contributed by atoms with van der Waals surface area (Å²) in [7, 11) is 1.71. The highest BCUT2D eigenvalue weighted by Gasteiger charge is 2.24. The minimum atomic E-state index is -0.223. The van der Waals surface area contributed by atoms with Crippen LogP contribution in [0.5, 0.6) is 0 Å². The third kappa shape index (κ3) is 3.88. The molecule has 132 valence electrons. The summed E-state index contributed by atoms with van der Waals surface area (Å²) in [6.07, 6.45) is 0. The molecule has 0 bridgehead atoms. The van der Waals surface area contributed by atoms with Crippen molar-refractivity contribution >= 4 is 17.6 Å². The maximum Gasteiger partial charge on any atom is 0.274 e. The summed E-state index contributed by atoms with van der Waals surface area (Å²) in [6, 6.07) is 10.6. The average Bonchev–Trinajstić information content (AvgIpc) is 3.02. The largest absolute Gasteiger partial charge is 0.335 e. The van der Waals surface area contributed by atoms with Crippen LogP contribution in [0.1, 0.15) is 27.8 Å². The Morgan fingerprint density at radius 3 is 2.44 bits per heavy atom. The lowest BCUT2D eigenvalue weighted by atomic mass is 10.2. The highest BCUT2D eigenvalue weighted by atomic mass is 16.2. The number of hydrogen-bond donors (Lipinski definition) is 1. The van der Waals surface area contributed by atoms with Crippen LogP contribution < -0.4 is 5.32 Å². The Balaban J connectivity index is 1.68. The monoisotopic (exact) mass is 341 g/mol. The normalized spacial score (nSPS) is 15.2. The molecule has 7 nitrogen and oxygen atoms in total. The number of aromatic nitrogens is 2. The number of aryl methyl sites for hydroxylation is 1. The number of rotatable bonds is 4. The van der Waals surface area contributed by atoms with E-state index in [1.807, 2.05) is 23.1 Å². The first-order chi connectivity index (χ1) is 12.1. The molecule has 1 aromatic heterocycles. The first-order valence-electron chi connectivity index (χ1n) is 8.50. The molecule has 2 aromatic rings. The van der Waals surface area contributed by atoms with E-state index < -0.39 is 0 Å². The molecule has 1 aromatic carbocycles. The molecule has 0 radical (unpaired) electrons. The quantitative estimate of drug-likeness (QED) is 0.914. The lowest BCUT2D eigenvalue weighted by molar-refractivity contribution is 0.0636. The van der Waals surface area contributed by atoms with E-state index in [-0.39, 0.29) is 11.8 Å². The van der Waals surface area contributed by atoms with E-state index in [0.29, 0.717) is 30.2 Å². The molecular weight excluding hydrogens is 318 g/mol. The predicted molar refractivity (Wildman–Crippen MR) is 95.6 cm³/mol. The summed E-state index contributed by atoms with van der Waals surface area (Å²) in [5.41, 5.74) is 0.920. The Morgan fingerprint density at radius 1 is 1.12 bits per heavy atom. The molecule has 7 heteroatoms. The smallest absolute Gasteiger partial charge is 0.274 e. The maximum atomic E-state index is 12.6. The Morgan fingerprint density at radius 2 is 1.80 bits per heavy atom. The van der Waals surface area contributed by atoms with Gasteiger partial charge in [0.2, 0.25) is 0 Å². The van der Waals surface area contributed by atoms with Gasteiger partial charge in [-0.2, -0.15) is 5.10 Å². The van der Waals surface area contributed by atoms with Crippen molar-refractivity contribution in [2.24, 2.45) is 7.05 Å². The summed E-state index contributed by atoms with van der Waals surface area (Å²) < 4.78 is 1.52. The van der Waals surface area contributed by atoms with Gasteiger partial charge in [-0.05, 0) is 18.7 Å². The van der Waals surface area contributed by atoms with Gasteiger partial charge in [0, 0.05) is 44.9 Å². The first-order valence-corrected chi connectivity index (χ1v) is 8.50. The average molecular weight is 341 g/mol. The molecule has 3 rings (SSSR count). The van der Waals surface area contributed by atoms with Crippen molar-refractivity contribution < 1.29 is 9.59 Å². The van der Waals surface area contributed by atoms with Crippen molar-refractivity contribution in [3.05, 3.63) is 47.7 Å². The Hall–Kier alpha value is -2.67. The van der Waals surface area contributed by atoms with E-state index in [1.165, 1.54) is 4.68 Å². The van der Waals surface area contributed by atoms with Gasteiger partial charge in [0.15, 0.2) is 5.69 Å². The number of anilines is 1. The number of hydrogen-bond acceptors (Lipinski definition) is 4. The SMILES string of the molecule is CCN1CCN(C(=O)c2cc(NC(=O)c3ccccc3)n(C)n2)CC1. The van der Waals surface area contributed by atoms with Crippen LogP contribution in [0.4, 0.5) is 5.82 Å². The molecule has 25 heavy (non-hydrogen) atoms. The van der Waals surface area contributed by atoms with Crippen molar-refractivity contribution in [1.29, 1.82) is 0 Å². The third-order valence-corrected chi connectivity index (χ3v) is 4.48. The fourth-order valence-corrected chi connectivity index (χ4v) is 2.90. The van der Waals surface area contributed by atoms with E-state index in [1.54, 1.807) is 25.2 Å². The molecule has 1 fully saturated rings. The number of amides is 2. The van der Waals surface area contributed by atoms with Crippen LogP contribution in [0.2, 0.25) is 0 Å². The van der Waals surface area contributed by atoms with E-state index in [9.17, 15) is 9.59 Å². The van der Waals surface area contributed by atoms with Gasteiger partial charge in [-0.25, -0.2) is 0 Å². The predicted octanol–water partition coefficient (Wildman–Crippen LogP) is 1.45. The van der Waals surface area contributed by atoms with Crippen LogP contribution in [0, 0.1) is 0 Å². The summed E-state index contributed by atoms with van der Waals surface area (Å²) in [5.74, 6) is 0.190. The maximum absolute atomic E-state index is 12.6.